The lowest BCUT2D eigenvalue weighted by atomic mass is 9.92. The van der Waals surface area contributed by atoms with Crippen molar-refractivity contribution in [2.45, 2.75) is 171 Å². The molecule has 11 heteroatoms. The number of nitriles is 4. The van der Waals surface area contributed by atoms with Crippen molar-refractivity contribution < 1.29 is 9.59 Å². The molecule has 0 saturated carbocycles. The van der Waals surface area contributed by atoms with Gasteiger partial charge in [-0.15, -0.1) is 58.0 Å². The molecule has 5 aromatic rings. The number of unbranched alkanes of at least 4 members (excludes halogenated alkanes) is 4. The molecule has 0 spiro atoms. The number of carbonyl (C=O) groups is 2. The number of thioether (sulfide) groups is 3. The molecule has 2 aromatic heterocycles. The second-order valence-electron chi connectivity index (χ2n) is 24.1. The maximum Gasteiger partial charge on any atom is 0.194 e. The fourth-order valence-corrected chi connectivity index (χ4v) is 19.8. The summed E-state index contributed by atoms with van der Waals surface area (Å²) in [7, 11) is 0. The number of ketones is 2. The van der Waals surface area contributed by atoms with Crippen LogP contribution in [0.5, 0.6) is 0 Å². The lowest BCUT2D eigenvalue weighted by Gasteiger charge is -2.21. The minimum Gasteiger partial charge on any atom is -0.289 e. The van der Waals surface area contributed by atoms with Gasteiger partial charge in [0.1, 0.15) is 35.4 Å². The van der Waals surface area contributed by atoms with Crippen molar-refractivity contribution >= 4 is 104 Å². The highest BCUT2D eigenvalue weighted by atomic mass is 32.2. The molecule has 0 saturated heterocycles. The largest absolute Gasteiger partial charge is 0.289 e. The predicted molar refractivity (Wildman–Crippen MR) is 379 cm³/mol. The average Bonchev–Trinajstić information content (AvgIpc) is 1.57. The lowest BCUT2D eigenvalue weighted by molar-refractivity contribution is 0.103. The van der Waals surface area contributed by atoms with Gasteiger partial charge in [-0.2, -0.15) is 21.0 Å². The van der Waals surface area contributed by atoms with E-state index in [0.717, 1.165) is 71.1 Å². The Balaban J connectivity index is 1.33. The summed E-state index contributed by atoms with van der Waals surface area (Å²) in [5.41, 5.74) is 13.4. The summed E-state index contributed by atoms with van der Waals surface area (Å²) in [5.74, 6) is 5.05. The van der Waals surface area contributed by atoms with Crippen LogP contribution in [0.2, 0.25) is 0 Å². The number of carbonyl (C=O) groups excluding carboxylic acids is 2. The number of fused-ring (bicyclic) bond motifs is 8. The fourth-order valence-electron chi connectivity index (χ4n) is 13.0. The van der Waals surface area contributed by atoms with Gasteiger partial charge >= 0.3 is 0 Å². The first-order valence-corrected chi connectivity index (χ1v) is 37.2. The second-order valence-corrected chi connectivity index (χ2v) is 29.7. The van der Waals surface area contributed by atoms with Crippen LogP contribution in [0.4, 0.5) is 0 Å². The molecule has 6 nitrogen and oxygen atoms in total. The van der Waals surface area contributed by atoms with Gasteiger partial charge in [-0.3, -0.25) is 9.59 Å². The van der Waals surface area contributed by atoms with Crippen LogP contribution in [0.1, 0.15) is 235 Å². The van der Waals surface area contributed by atoms with Crippen LogP contribution in [0.3, 0.4) is 0 Å². The monoisotopic (exact) mass is 1260 g/mol. The molecule has 88 heavy (non-hydrogen) atoms. The third-order valence-electron chi connectivity index (χ3n) is 18.5. The Morgan fingerprint density at radius 3 is 1.20 bits per heavy atom. The van der Waals surface area contributed by atoms with Crippen LogP contribution in [0.15, 0.2) is 104 Å². The maximum atomic E-state index is 14.5. The maximum absolute atomic E-state index is 14.5. The van der Waals surface area contributed by atoms with E-state index >= 15 is 0 Å². The molecule has 2 heterocycles. The molecule has 454 valence electrons. The van der Waals surface area contributed by atoms with Gasteiger partial charge in [0.05, 0.1) is 0 Å². The van der Waals surface area contributed by atoms with Gasteiger partial charge in [0.2, 0.25) is 0 Å². The van der Waals surface area contributed by atoms with Crippen LogP contribution < -0.4 is 0 Å². The standard InChI is InChI=1S/C77H84N4O2S5/c1-9-17-25-48(13-5)33-34-68(84-45-49(14-6)26-18-10-2)71-60-39-63-61(40-62(60)75-66(71)37-54(87-75)35-64-69(52(41-78)42-79)56-29-21-23-31-58(56)73(64)82)72(77(85-46-50(15-7)27-19-11-3)86-47-51(16-8)28-20-12-4)67-38-55(88-76(63)67)36-65-70(53(43-80)44-81)57-30-22-24-32-59(57)74(65)83/h21-24,29-32,35-40,48-51H,9-20,25-28,33-34,45-47H2,1-8H3/b64-35-,65-36-,71-68-,77-72?. The van der Waals surface area contributed by atoms with E-state index < -0.39 is 0 Å². The average molecular weight is 1260 g/mol. The van der Waals surface area contributed by atoms with Gasteiger partial charge in [0.25, 0.3) is 0 Å². The van der Waals surface area contributed by atoms with Gasteiger partial charge < -0.3 is 0 Å². The number of allylic oxidation sites excluding steroid dienone is 7. The van der Waals surface area contributed by atoms with E-state index in [4.69, 9.17) is 0 Å². The number of hydrogen-bond acceptors (Lipinski definition) is 11. The zero-order chi connectivity index (χ0) is 62.4. The first kappa shape index (κ1) is 66.3. The van der Waals surface area contributed by atoms with Gasteiger partial charge in [0.15, 0.2) is 11.6 Å². The third-order valence-corrected chi connectivity index (χ3v) is 25.0. The van der Waals surface area contributed by atoms with Gasteiger partial charge in [-0.25, -0.2) is 0 Å². The van der Waals surface area contributed by atoms with Crippen LogP contribution in [0, 0.1) is 69.0 Å². The van der Waals surface area contributed by atoms with E-state index in [1.54, 1.807) is 34.8 Å². The summed E-state index contributed by atoms with van der Waals surface area (Å²) >= 11 is 9.52. The Labute approximate surface area is 546 Å². The molecule has 0 radical (unpaired) electrons. The lowest BCUT2D eigenvalue weighted by Crippen LogP contribution is -2.05. The Bertz CT molecular complexity index is 3500. The van der Waals surface area contributed by atoms with Crippen LogP contribution in [-0.4, -0.2) is 28.8 Å². The van der Waals surface area contributed by atoms with Crippen LogP contribution >= 0.6 is 58.0 Å². The molecule has 0 bridgehead atoms. The number of Topliss-reactive ketones (excluding diaryl/α,β-unsaturated/α-hetero) is 2. The Morgan fingerprint density at radius 2 is 0.807 bits per heavy atom. The van der Waals surface area contributed by atoms with Crippen molar-refractivity contribution in [1.29, 1.82) is 21.0 Å². The summed E-state index contributed by atoms with van der Waals surface area (Å²) in [6.45, 7) is 18.5. The summed E-state index contributed by atoms with van der Waals surface area (Å²) in [6, 6.07) is 32.8. The normalized spacial score (nSPS) is 16.3. The highest BCUT2D eigenvalue weighted by Crippen LogP contribution is 2.60. The molecule has 4 unspecified atom stereocenters. The van der Waals surface area contributed by atoms with E-state index in [1.165, 1.54) is 135 Å². The van der Waals surface area contributed by atoms with Crippen molar-refractivity contribution in [3.63, 3.8) is 0 Å². The molecule has 0 fully saturated rings. The number of benzene rings is 3. The Hall–Kier alpha value is -6.15. The first-order chi connectivity index (χ1) is 43.0. The topological polar surface area (TPSA) is 129 Å². The van der Waals surface area contributed by atoms with Crippen molar-refractivity contribution in [2.75, 3.05) is 17.3 Å². The summed E-state index contributed by atoms with van der Waals surface area (Å²) in [4.78, 5) is 34.6. The van der Waals surface area contributed by atoms with Gasteiger partial charge in [-0.1, -0.05) is 187 Å². The van der Waals surface area contributed by atoms with E-state index in [1.807, 2.05) is 72.1 Å². The predicted octanol–water partition coefficient (Wildman–Crippen LogP) is 23.3. The van der Waals surface area contributed by atoms with Crippen molar-refractivity contribution in [2.24, 2.45) is 23.7 Å². The molecule has 3 aromatic carbocycles. The van der Waals surface area contributed by atoms with E-state index in [0.29, 0.717) is 68.2 Å². The molecule has 4 atom stereocenters. The van der Waals surface area contributed by atoms with Crippen LogP contribution in [-0.2, 0) is 0 Å². The minimum absolute atomic E-state index is 0.0641. The summed E-state index contributed by atoms with van der Waals surface area (Å²) in [5, 5.41) is 41.4. The van der Waals surface area contributed by atoms with Gasteiger partial charge in [0, 0.05) is 108 Å². The molecule has 4 aliphatic rings. The van der Waals surface area contributed by atoms with Crippen LogP contribution in [0.25, 0.3) is 55.3 Å². The summed E-state index contributed by atoms with van der Waals surface area (Å²) in [6.07, 6.45) is 24.8. The molecular weight excluding hydrogens is 1170 g/mol. The zero-order valence-electron chi connectivity index (χ0n) is 52.9. The first-order valence-electron chi connectivity index (χ1n) is 32.6. The van der Waals surface area contributed by atoms with E-state index in [2.05, 4.69) is 116 Å². The molecule has 9 rings (SSSR count). The molecule has 0 amide bonds. The number of nitrogens with zero attached hydrogens (tertiary/aromatic N) is 4. The van der Waals surface area contributed by atoms with E-state index in [-0.39, 0.29) is 22.7 Å². The summed E-state index contributed by atoms with van der Waals surface area (Å²) < 4.78 is 1.34. The fraction of sp³-hybridized carbons (Fsp3) is 0.429. The second kappa shape index (κ2) is 31.5. The minimum atomic E-state index is -0.177. The molecule has 0 N–H and O–H groups in total. The Morgan fingerprint density at radius 1 is 0.432 bits per heavy atom. The van der Waals surface area contributed by atoms with Crippen molar-refractivity contribution in [3.8, 4) is 45.2 Å². The van der Waals surface area contributed by atoms with E-state index in [9.17, 15) is 30.6 Å². The Kier molecular flexibility index (Phi) is 23.8. The highest BCUT2D eigenvalue weighted by molar-refractivity contribution is 8.22. The third kappa shape index (κ3) is 14.1. The number of hydrogen-bond donors (Lipinski definition) is 0. The zero-order valence-corrected chi connectivity index (χ0v) is 57.0. The molecule has 4 aliphatic carbocycles. The highest BCUT2D eigenvalue weighted by Gasteiger charge is 2.39. The smallest absolute Gasteiger partial charge is 0.194 e. The van der Waals surface area contributed by atoms with Gasteiger partial charge in [-0.05, 0) is 119 Å². The molecular formula is C77H84N4O2S5. The quantitative estimate of drug-likeness (QED) is 0.0319. The number of thiophene rings is 2. The van der Waals surface area contributed by atoms with Crippen molar-refractivity contribution in [1.82, 2.24) is 0 Å². The SMILES string of the molecule is CCCCC(CC)CC/C(SCC(CC)CCCC)=C1\c2cc3c(cc2-c2sc(/C=C4\C(=O)c5ccccc5C4=C(C#N)C#N)cc21)C(=C(SCC(CC)CCCC)SCC(CC)CCCC)c1cc(/C=C2\C(=O)c4ccccc4C2=C(C#N)C#N)sc1-3. The number of rotatable bonds is 30. The van der Waals surface area contributed by atoms with Crippen molar-refractivity contribution in [3.05, 3.63) is 158 Å². The molecule has 0 aliphatic heterocycles.